The van der Waals surface area contributed by atoms with Crippen LogP contribution in [0.15, 0.2) is 24.3 Å². The van der Waals surface area contributed by atoms with Crippen LogP contribution in [0.3, 0.4) is 0 Å². The van der Waals surface area contributed by atoms with Gasteiger partial charge < -0.3 is 15.8 Å². The lowest BCUT2D eigenvalue weighted by Gasteiger charge is -2.31. The van der Waals surface area contributed by atoms with Crippen molar-refractivity contribution in [2.75, 3.05) is 18.5 Å². The monoisotopic (exact) mass is 276 g/mol. The molecule has 0 saturated carbocycles. The second-order valence-electron chi connectivity index (χ2n) is 6.55. The van der Waals surface area contributed by atoms with Crippen LogP contribution in [0.1, 0.15) is 39.2 Å². The van der Waals surface area contributed by atoms with Crippen LogP contribution in [0, 0.1) is 0 Å². The van der Waals surface area contributed by atoms with Crippen LogP contribution in [0.25, 0.3) is 0 Å². The minimum Gasteiger partial charge on any atom is -0.381 e. The van der Waals surface area contributed by atoms with E-state index in [1.807, 2.05) is 24.3 Å². The number of carbonyl (C=O) groups excluding carboxylic acids is 1. The zero-order valence-electron chi connectivity index (χ0n) is 12.5. The van der Waals surface area contributed by atoms with E-state index in [1.165, 1.54) is 5.56 Å². The molecule has 1 heterocycles. The van der Waals surface area contributed by atoms with Gasteiger partial charge in [0, 0.05) is 18.9 Å². The Morgan fingerprint density at radius 3 is 2.25 bits per heavy atom. The fourth-order valence-electron chi connectivity index (χ4n) is 2.27. The molecule has 1 aromatic rings. The van der Waals surface area contributed by atoms with Gasteiger partial charge in [-0.05, 0) is 36.0 Å². The Hall–Kier alpha value is -1.39. The maximum Gasteiger partial charge on any atom is 0.244 e. The highest BCUT2D eigenvalue weighted by atomic mass is 16.5. The highest BCUT2D eigenvalue weighted by Crippen LogP contribution is 2.24. The van der Waals surface area contributed by atoms with E-state index < -0.39 is 5.54 Å². The molecule has 0 aromatic heterocycles. The summed E-state index contributed by atoms with van der Waals surface area (Å²) in [7, 11) is 0. The van der Waals surface area contributed by atoms with Gasteiger partial charge in [0.25, 0.3) is 0 Å². The van der Waals surface area contributed by atoms with Gasteiger partial charge in [-0.1, -0.05) is 32.9 Å². The normalized spacial score (nSPS) is 18.6. The molecule has 0 radical (unpaired) electrons. The zero-order valence-corrected chi connectivity index (χ0v) is 12.5. The summed E-state index contributed by atoms with van der Waals surface area (Å²) in [4.78, 5) is 12.3. The number of anilines is 1. The number of benzene rings is 1. The van der Waals surface area contributed by atoms with Crippen LogP contribution in [-0.4, -0.2) is 24.7 Å². The fourth-order valence-corrected chi connectivity index (χ4v) is 2.27. The van der Waals surface area contributed by atoms with E-state index in [4.69, 9.17) is 10.5 Å². The number of amides is 1. The van der Waals surface area contributed by atoms with E-state index in [0.717, 1.165) is 5.69 Å². The molecule has 0 atom stereocenters. The zero-order chi connectivity index (χ0) is 14.8. The van der Waals surface area contributed by atoms with Crippen molar-refractivity contribution >= 4 is 11.6 Å². The molecule has 0 unspecified atom stereocenters. The van der Waals surface area contributed by atoms with Crippen molar-refractivity contribution in [1.82, 2.24) is 0 Å². The first kappa shape index (κ1) is 15.0. The molecule has 4 nitrogen and oxygen atoms in total. The van der Waals surface area contributed by atoms with E-state index in [1.54, 1.807) is 0 Å². The smallest absolute Gasteiger partial charge is 0.244 e. The van der Waals surface area contributed by atoms with Crippen molar-refractivity contribution < 1.29 is 9.53 Å². The average molecular weight is 276 g/mol. The predicted octanol–water partition coefficient (Wildman–Crippen LogP) is 2.43. The summed E-state index contributed by atoms with van der Waals surface area (Å²) in [5.41, 5.74) is 7.49. The summed E-state index contributed by atoms with van der Waals surface area (Å²) in [5, 5.41) is 2.91. The van der Waals surface area contributed by atoms with Gasteiger partial charge in [-0.15, -0.1) is 0 Å². The van der Waals surface area contributed by atoms with Crippen molar-refractivity contribution in [3.05, 3.63) is 29.8 Å². The molecule has 1 amide bonds. The van der Waals surface area contributed by atoms with E-state index in [-0.39, 0.29) is 11.3 Å². The number of ether oxygens (including phenoxy) is 1. The van der Waals surface area contributed by atoms with E-state index >= 15 is 0 Å². The summed E-state index contributed by atoms with van der Waals surface area (Å²) < 4.78 is 5.26. The van der Waals surface area contributed by atoms with Crippen molar-refractivity contribution in [1.29, 1.82) is 0 Å². The number of hydrogen-bond donors (Lipinski definition) is 2. The Morgan fingerprint density at radius 1 is 1.20 bits per heavy atom. The molecule has 0 bridgehead atoms. The fraction of sp³-hybridized carbons (Fsp3) is 0.562. The molecule has 2 rings (SSSR count). The Labute approximate surface area is 120 Å². The molecule has 1 aromatic carbocycles. The Bertz CT molecular complexity index is 468. The van der Waals surface area contributed by atoms with Crippen LogP contribution < -0.4 is 11.1 Å². The lowest BCUT2D eigenvalue weighted by atomic mass is 9.87. The first-order chi connectivity index (χ1) is 9.31. The molecular formula is C16H24N2O2. The molecule has 4 heteroatoms. The standard InChI is InChI=1S/C16H24N2O2/c1-15(2,3)12-4-6-13(7-5-12)18-14(19)16(17)8-10-20-11-9-16/h4-7H,8-11,17H2,1-3H3,(H,18,19). The SMILES string of the molecule is CC(C)(C)c1ccc(NC(=O)C2(N)CCOCC2)cc1. The van der Waals surface area contributed by atoms with E-state index in [0.29, 0.717) is 26.1 Å². The summed E-state index contributed by atoms with van der Waals surface area (Å²) in [6.07, 6.45) is 1.14. The van der Waals surface area contributed by atoms with Gasteiger partial charge in [-0.25, -0.2) is 0 Å². The van der Waals surface area contributed by atoms with Gasteiger partial charge in [0.2, 0.25) is 5.91 Å². The van der Waals surface area contributed by atoms with Crippen molar-refractivity contribution in [3.8, 4) is 0 Å². The molecule has 1 aliphatic rings. The summed E-state index contributed by atoms with van der Waals surface area (Å²) in [6.45, 7) is 7.59. The van der Waals surface area contributed by atoms with Gasteiger partial charge in [-0.2, -0.15) is 0 Å². The number of nitrogens with one attached hydrogen (secondary N) is 1. The lowest BCUT2D eigenvalue weighted by Crippen LogP contribution is -2.54. The van der Waals surface area contributed by atoms with Gasteiger partial charge in [0.05, 0.1) is 0 Å². The quantitative estimate of drug-likeness (QED) is 0.872. The van der Waals surface area contributed by atoms with E-state index in [2.05, 4.69) is 26.1 Å². The molecule has 110 valence electrons. The Kier molecular flexibility index (Phi) is 4.16. The topological polar surface area (TPSA) is 64.4 Å². The molecule has 1 aliphatic heterocycles. The van der Waals surface area contributed by atoms with Gasteiger partial charge in [0.1, 0.15) is 5.54 Å². The van der Waals surface area contributed by atoms with Gasteiger partial charge >= 0.3 is 0 Å². The maximum atomic E-state index is 12.3. The number of hydrogen-bond acceptors (Lipinski definition) is 3. The molecule has 1 fully saturated rings. The van der Waals surface area contributed by atoms with Crippen LogP contribution >= 0.6 is 0 Å². The first-order valence-electron chi connectivity index (χ1n) is 7.10. The molecular weight excluding hydrogens is 252 g/mol. The number of rotatable bonds is 2. The summed E-state index contributed by atoms with van der Waals surface area (Å²) in [6, 6.07) is 7.95. The Balaban J connectivity index is 2.04. The molecule has 1 saturated heterocycles. The largest absolute Gasteiger partial charge is 0.381 e. The number of nitrogens with two attached hydrogens (primary N) is 1. The second-order valence-corrected chi connectivity index (χ2v) is 6.55. The minimum atomic E-state index is -0.805. The third-order valence-electron chi connectivity index (χ3n) is 3.85. The maximum absolute atomic E-state index is 12.3. The van der Waals surface area contributed by atoms with Crippen LogP contribution in [0.4, 0.5) is 5.69 Å². The van der Waals surface area contributed by atoms with Crippen LogP contribution in [0.2, 0.25) is 0 Å². The third kappa shape index (κ3) is 3.38. The highest BCUT2D eigenvalue weighted by Gasteiger charge is 2.35. The van der Waals surface area contributed by atoms with Crippen LogP contribution in [0.5, 0.6) is 0 Å². The third-order valence-corrected chi connectivity index (χ3v) is 3.85. The number of carbonyl (C=O) groups is 1. The second kappa shape index (κ2) is 5.54. The highest BCUT2D eigenvalue weighted by molar-refractivity contribution is 5.98. The van der Waals surface area contributed by atoms with Crippen LogP contribution in [-0.2, 0) is 14.9 Å². The molecule has 20 heavy (non-hydrogen) atoms. The van der Waals surface area contributed by atoms with Gasteiger partial charge in [-0.3, -0.25) is 4.79 Å². The summed E-state index contributed by atoms with van der Waals surface area (Å²) >= 11 is 0. The van der Waals surface area contributed by atoms with E-state index in [9.17, 15) is 4.79 Å². The molecule has 3 N–H and O–H groups in total. The Morgan fingerprint density at radius 2 is 1.75 bits per heavy atom. The first-order valence-corrected chi connectivity index (χ1v) is 7.10. The molecule has 0 aliphatic carbocycles. The lowest BCUT2D eigenvalue weighted by molar-refractivity contribution is -0.124. The minimum absolute atomic E-state index is 0.109. The van der Waals surface area contributed by atoms with Crippen molar-refractivity contribution in [3.63, 3.8) is 0 Å². The summed E-state index contributed by atoms with van der Waals surface area (Å²) in [5.74, 6) is -0.121. The predicted molar refractivity (Wildman–Crippen MR) is 80.7 cm³/mol. The van der Waals surface area contributed by atoms with Crippen molar-refractivity contribution in [2.45, 2.75) is 44.6 Å². The van der Waals surface area contributed by atoms with Gasteiger partial charge in [0.15, 0.2) is 0 Å². The molecule has 0 spiro atoms. The van der Waals surface area contributed by atoms with Crippen molar-refractivity contribution in [2.24, 2.45) is 5.73 Å². The average Bonchev–Trinajstić information content (AvgIpc) is 2.39.